The van der Waals surface area contributed by atoms with Crippen molar-refractivity contribution in [1.82, 2.24) is 14.9 Å². The van der Waals surface area contributed by atoms with Crippen molar-refractivity contribution in [2.24, 2.45) is 0 Å². The summed E-state index contributed by atoms with van der Waals surface area (Å²) < 4.78 is 5.58. The molecule has 25 heavy (non-hydrogen) atoms. The van der Waals surface area contributed by atoms with Gasteiger partial charge in [-0.15, -0.1) is 0 Å². The lowest BCUT2D eigenvalue weighted by Gasteiger charge is -2.31. The smallest absolute Gasteiger partial charge is 0.321 e. The molecule has 1 atom stereocenters. The number of ether oxygens (including phenoxy) is 1. The van der Waals surface area contributed by atoms with Crippen LogP contribution < -0.4 is 10.1 Å². The Labute approximate surface area is 146 Å². The standard InChI is InChI=1S/C18H20N4O3/c1-12-11-13(25-18-19-9-4-10-20-18)7-8-14(12)21-17(24)15-5-3-6-16(23)22(15)2/h4,7-11,15H,3,5-6H2,1-2H3,(H,21,24). The molecule has 1 saturated heterocycles. The number of nitrogens with one attached hydrogen (secondary N) is 1. The molecule has 1 aliphatic heterocycles. The first kappa shape index (κ1) is 16.9. The molecule has 2 amide bonds. The highest BCUT2D eigenvalue weighted by molar-refractivity contribution is 5.98. The predicted octanol–water partition coefficient (Wildman–Crippen LogP) is 2.53. The summed E-state index contributed by atoms with van der Waals surface area (Å²) in [5, 5.41) is 2.90. The Hall–Kier alpha value is -2.96. The number of anilines is 1. The maximum Gasteiger partial charge on any atom is 0.321 e. The summed E-state index contributed by atoms with van der Waals surface area (Å²) in [5.41, 5.74) is 1.55. The molecule has 0 spiro atoms. The number of carbonyl (C=O) groups excluding carboxylic acids is 2. The van der Waals surface area contributed by atoms with Gasteiger partial charge in [0, 0.05) is 31.5 Å². The minimum atomic E-state index is -0.422. The third kappa shape index (κ3) is 3.93. The Bertz CT molecular complexity index is 779. The number of hydrogen-bond acceptors (Lipinski definition) is 5. The molecule has 1 aromatic heterocycles. The van der Waals surface area contributed by atoms with Crippen LogP contribution >= 0.6 is 0 Å². The molecule has 1 aromatic carbocycles. The van der Waals surface area contributed by atoms with E-state index in [0.29, 0.717) is 24.3 Å². The minimum Gasteiger partial charge on any atom is -0.424 e. The van der Waals surface area contributed by atoms with Crippen molar-refractivity contribution in [3.8, 4) is 11.8 Å². The molecule has 1 aliphatic rings. The highest BCUT2D eigenvalue weighted by Gasteiger charge is 2.30. The molecule has 7 heteroatoms. The third-order valence-electron chi connectivity index (χ3n) is 4.24. The van der Waals surface area contributed by atoms with Crippen molar-refractivity contribution in [3.05, 3.63) is 42.2 Å². The number of amides is 2. The van der Waals surface area contributed by atoms with Crippen LogP contribution in [0.4, 0.5) is 5.69 Å². The second-order valence-electron chi connectivity index (χ2n) is 6.01. The zero-order chi connectivity index (χ0) is 17.8. The first-order valence-corrected chi connectivity index (χ1v) is 8.16. The zero-order valence-corrected chi connectivity index (χ0v) is 14.2. The van der Waals surface area contributed by atoms with Gasteiger partial charge in [0.15, 0.2) is 0 Å². The number of benzene rings is 1. The van der Waals surface area contributed by atoms with Crippen molar-refractivity contribution in [1.29, 1.82) is 0 Å². The summed E-state index contributed by atoms with van der Waals surface area (Å²) in [6.07, 6.45) is 5.13. The highest BCUT2D eigenvalue weighted by atomic mass is 16.5. The average molecular weight is 340 g/mol. The summed E-state index contributed by atoms with van der Waals surface area (Å²) >= 11 is 0. The number of aromatic nitrogens is 2. The fraction of sp³-hybridized carbons (Fsp3) is 0.333. The predicted molar refractivity (Wildman–Crippen MR) is 92.3 cm³/mol. The molecule has 0 radical (unpaired) electrons. The van der Waals surface area contributed by atoms with E-state index in [4.69, 9.17) is 4.74 Å². The SMILES string of the molecule is Cc1cc(Oc2ncccn2)ccc1NC(=O)C1CCCC(=O)N1C. The van der Waals surface area contributed by atoms with Crippen molar-refractivity contribution in [2.75, 3.05) is 12.4 Å². The van der Waals surface area contributed by atoms with Gasteiger partial charge < -0.3 is 15.0 Å². The Balaban J connectivity index is 1.69. The maximum atomic E-state index is 12.5. The van der Waals surface area contributed by atoms with Gasteiger partial charge >= 0.3 is 6.01 Å². The Morgan fingerprint density at radius 3 is 2.80 bits per heavy atom. The van der Waals surface area contributed by atoms with Crippen LogP contribution in [0.3, 0.4) is 0 Å². The fourth-order valence-electron chi connectivity index (χ4n) is 2.80. The summed E-state index contributed by atoms with van der Waals surface area (Å²) in [6.45, 7) is 1.88. The lowest BCUT2D eigenvalue weighted by atomic mass is 10.0. The van der Waals surface area contributed by atoms with Crippen molar-refractivity contribution < 1.29 is 14.3 Å². The molecular formula is C18H20N4O3. The zero-order valence-electron chi connectivity index (χ0n) is 14.2. The van der Waals surface area contributed by atoms with Gasteiger partial charge in [0.1, 0.15) is 11.8 Å². The lowest BCUT2D eigenvalue weighted by molar-refractivity contribution is -0.140. The number of aryl methyl sites for hydroxylation is 1. The van der Waals surface area contributed by atoms with Crippen molar-refractivity contribution in [2.45, 2.75) is 32.2 Å². The van der Waals surface area contributed by atoms with E-state index in [1.165, 1.54) is 4.90 Å². The van der Waals surface area contributed by atoms with Gasteiger partial charge in [-0.2, -0.15) is 0 Å². The Morgan fingerprint density at radius 2 is 2.08 bits per heavy atom. The van der Waals surface area contributed by atoms with Gasteiger partial charge in [-0.3, -0.25) is 9.59 Å². The topological polar surface area (TPSA) is 84.4 Å². The van der Waals surface area contributed by atoms with Gasteiger partial charge in [0.05, 0.1) is 0 Å². The van der Waals surface area contributed by atoms with E-state index < -0.39 is 6.04 Å². The van der Waals surface area contributed by atoms with Crippen LogP contribution in [0.1, 0.15) is 24.8 Å². The lowest BCUT2D eigenvalue weighted by Crippen LogP contribution is -2.47. The maximum absolute atomic E-state index is 12.5. The van der Waals surface area contributed by atoms with Gasteiger partial charge in [0.25, 0.3) is 0 Å². The summed E-state index contributed by atoms with van der Waals surface area (Å²) in [4.78, 5) is 33.8. The van der Waals surface area contributed by atoms with Gasteiger partial charge in [-0.25, -0.2) is 9.97 Å². The number of likely N-dealkylation sites (tertiary alicyclic amines) is 1. The van der Waals surface area contributed by atoms with Crippen LogP contribution in [0.2, 0.25) is 0 Å². The molecule has 0 bridgehead atoms. The Morgan fingerprint density at radius 1 is 1.32 bits per heavy atom. The molecule has 0 aliphatic carbocycles. The van der Waals surface area contributed by atoms with Crippen molar-refractivity contribution >= 4 is 17.5 Å². The van der Waals surface area contributed by atoms with Gasteiger partial charge in [-0.1, -0.05) is 0 Å². The quantitative estimate of drug-likeness (QED) is 0.924. The second kappa shape index (κ2) is 7.29. The number of hydrogen-bond donors (Lipinski definition) is 1. The molecular weight excluding hydrogens is 320 g/mol. The van der Waals surface area contributed by atoms with E-state index in [1.54, 1.807) is 37.6 Å². The number of nitrogens with zero attached hydrogens (tertiary/aromatic N) is 3. The van der Waals surface area contributed by atoms with Crippen LogP contribution in [-0.2, 0) is 9.59 Å². The van der Waals surface area contributed by atoms with Crippen LogP contribution in [0.5, 0.6) is 11.8 Å². The highest BCUT2D eigenvalue weighted by Crippen LogP contribution is 2.25. The molecule has 1 N–H and O–H groups in total. The fourth-order valence-corrected chi connectivity index (χ4v) is 2.80. The molecule has 0 saturated carbocycles. The van der Waals surface area contributed by atoms with E-state index in [2.05, 4.69) is 15.3 Å². The molecule has 7 nitrogen and oxygen atoms in total. The second-order valence-corrected chi connectivity index (χ2v) is 6.01. The van der Waals surface area contributed by atoms with Crippen LogP contribution in [0.25, 0.3) is 0 Å². The first-order valence-electron chi connectivity index (χ1n) is 8.16. The first-order chi connectivity index (χ1) is 12.0. The minimum absolute atomic E-state index is 0.00901. The molecule has 130 valence electrons. The summed E-state index contributed by atoms with van der Waals surface area (Å²) in [7, 11) is 1.68. The van der Waals surface area contributed by atoms with Crippen LogP contribution in [0.15, 0.2) is 36.7 Å². The third-order valence-corrected chi connectivity index (χ3v) is 4.24. The van der Waals surface area contributed by atoms with E-state index in [0.717, 1.165) is 12.0 Å². The Kier molecular flexibility index (Phi) is 4.92. The summed E-state index contributed by atoms with van der Waals surface area (Å²) in [6, 6.07) is 6.88. The van der Waals surface area contributed by atoms with Crippen LogP contribution in [0, 0.1) is 6.92 Å². The molecule has 2 heterocycles. The van der Waals surface area contributed by atoms with Gasteiger partial charge in [-0.05, 0) is 49.6 Å². The molecule has 2 aromatic rings. The van der Waals surface area contributed by atoms with E-state index >= 15 is 0 Å². The normalized spacial score (nSPS) is 17.3. The number of rotatable bonds is 4. The largest absolute Gasteiger partial charge is 0.424 e. The summed E-state index contributed by atoms with van der Waals surface area (Å²) in [5.74, 6) is 0.431. The van der Waals surface area contributed by atoms with E-state index in [9.17, 15) is 9.59 Å². The molecule has 1 unspecified atom stereocenters. The number of carbonyl (C=O) groups is 2. The average Bonchev–Trinajstić information content (AvgIpc) is 2.60. The molecule has 3 rings (SSSR count). The monoisotopic (exact) mass is 340 g/mol. The van der Waals surface area contributed by atoms with Gasteiger partial charge in [0.2, 0.25) is 11.8 Å². The van der Waals surface area contributed by atoms with Crippen LogP contribution in [-0.4, -0.2) is 39.8 Å². The number of piperidine rings is 1. The molecule has 1 fully saturated rings. The van der Waals surface area contributed by atoms with E-state index in [1.807, 2.05) is 13.0 Å². The van der Waals surface area contributed by atoms with E-state index in [-0.39, 0.29) is 17.8 Å². The number of likely N-dealkylation sites (N-methyl/N-ethyl adjacent to an activating group) is 1. The van der Waals surface area contributed by atoms with Crippen molar-refractivity contribution in [3.63, 3.8) is 0 Å².